The van der Waals surface area contributed by atoms with Crippen LogP contribution >= 0.6 is 0 Å². The Balaban J connectivity index is 1.64. The van der Waals surface area contributed by atoms with Crippen molar-refractivity contribution in [3.8, 4) is 0 Å². The maximum absolute atomic E-state index is 12.9. The molecule has 1 atom stereocenters. The fourth-order valence-electron chi connectivity index (χ4n) is 3.46. The third-order valence-electron chi connectivity index (χ3n) is 4.81. The molecule has 7 nitrogen and oxygen atoms in total. The average molecular weight is 326 g/mol. The summed E-state index contributed by atoms with van der Waals surface area (Å²) in [6, 6.07) is 5.59. The summed E-state index contributed by atoms with van der Waals surface area (Å²) in [4.78, 5) is 26.4. The fraction of sp³-hybridized carbons (Fsp3) is 0.412. The van der Waals surface area contributed by atoms with Crippen LogP contribution in [0.5, 0.6) is 0 Å². The van der Waals surface area contributed by atoms with Gasteiger partial charge < -0.3 is 9.73 Å². The Morgan fingerprint density at radius 3 is 2.79 bits per heavy atom. The van der Waals surface area contributed by atoms with E-state index in [1.54, 1.807) is 13.8 Å². The summed E-state index contributed by atoms with van der Waals surface area (Å²) in [6.07, 6.45) is 3.24. The predicted molar refractivity (Wildman–Crippen MR) is 83.9 cm³/mol. The third kappa shape index (κ3) is 2.19. The lowest BCUT2D eigenvalue weighted by atomic mass is 9.90. The smallest absolute Gasteiger partial charge is 0.325 e. The van der Waals surface area contributed by atoms with E-state index in [4.69, 9.17) is 4.42 Å². The van der Waals surface area contributed by atoms with Gasteiger partial charge in [-0.3, -0.25) is 9.69 Å². The van der Waals surface area contributed by atoms with Gasteiger partial charge in [-0.15, -0.1) is 10.2 Å². The molecule has 24 heavy (non-hydrogen) atoms. The second-order valence-electron chi connectivity index (χ2n) is 6.50. The Kier molecular flexibility index (Phi) is 3.19. The van der Waals surface area contributed by atoms with Crippen molar-refractivity contribution in [1.82, 2.24) is 20.4 Å². The highest BCUT2D eigenvalue weighted by atomic mass is 16.4. The van der Waals surface area contributed by atoms with E-state index in [9.17, 15) is 9.59 Å². The molecular formula is C17H18N4O3. The number of imide groups is 1. The number of aryl methyl sites for hydroxylation is 3. The molecule has 0 radical (unpaired) electrons. The molecule has 1 aromatic carbocycles. The Labute approximate surface area is 139 Å². The first kappa shape index (κ1) is 14.9. The number of nitrogens with zero attached hydrogens (tertiary/aromatic N) is 3. The van der Waals surface area contributed by atoms with Crippen molar-refractivity contribution in [2.75, 3.05) is 0 Å². The Bertz CT molecular complexity index is 844. The number of aromatic nitrogens is 2. The van der Waals surface area contributed by atoms with Gasteiger partial charge in [0.05, 0.1) is 0 Å². The molecule has 124 valence electrons. The monoisotopic (exact) mass is 326 g/mol. The van der Waals surface area contributed by atoms with Crippen LogP contribution in [0.25, 0.3) is 0 Å². The van der Waals surface area contributed by atoms with Gasteiger partial charge in [-0.2, -0.15) is 0 Å². The first-order valence-electron chi connectivity index (χ1n) is 8.03. The zero-order valence-corrected chi connectivity index (χ0v) is 13.6. The van der Waals surface area contributed by atoms with Crippen LogP contribution in [0.4, 0.5) is 4.79 Å². The highest BCUT2D eigenvalue weighted by Gasteiger charge is 2.49. The van der Waals surface area contributed by atoms with Crippen molar-refractivity contribution in [2.45, 2.75) is 45.2 Å². The molecule has 1 fully saturated rings. The van der Waals surface area contributed by atoms with E-state index in [1.165, 1.54) is 11.1 Å². The second kappa shape index (κ2) is 5.15. The summed E-state index contributed by atoms with van der Waals surface area (Å²) in [7, 11) is 0. The molecule has 1 aliphatic carbocycles. The highest BCUT2D eigenvalue weighted by Crippen LogP contribution is 2.33. The number of carbonyl (C=O) groups excluding carboxylic acids is 2. The summed E-state index contributed by atoms with van der Waals surface area (Å²) < 4.78 is 5.28. The molecule has 0 saturated carbocycles. The van der Waals surface area contributed by atoms with Crippen LogP contribution in [-0.4, -0.2) is 27.0 Å². The minimum atomic E-state index is -1.07. The molecule has 1 aromatic heterocycles. The standard InChI is InChI=1S/C17H18N4O3/c1-10-19-20-14(24-10)9-21-15(22)17(2,18-16(21)23)13-7-6-11-4-3-5-12(11)8-13/h6-8H,3-5,9H2,1-2H3,(H,18,23)/t17-/m1/s1. The lowest BCUT2D eigenvalue weighted by Crippen LogP contribution is -2.41. The number of amides is 3. The Hall–Kier alpha value is -2.70. The average Bonchev–Trinajstić information content (AvgIpc) is 3.23. The number of hydrogen-bond acceptors (Lipinski definition) is 5. The molecule has 0 spiro atoms. The van der Waals surface area contributed by atoms with Crippen molar-refractivity contribution >= 4 is 11.9 Å². The largest absolute Gasteiger partial charge is 0.424 e. The van der Waals surface area contributed by atoms with Gasteiger partial charge in [0, 0.05) is 6.92 Å². The van der Waals surface area contributed by atoms with Gasteiger partial charge in [0.25, 0.3) is 5.91 Å². The second-order valence-corrected chi connectivity index (χ2v) is 6.50. The zero-order valence-electron chi connectivity index (χ0n) is 13.6. The van der Waals surface area contributed by atoms with E-state index >= 15 is 0 Å². The van der Waals surface area contributed by atoms with Crippen LogP contribution < -0.4 is 5.32 Å². The van der Waals surface area contributed by atoms with Crippen molar-refractivity contribution in [3.05, 3.63) is 46.7 Å². The Morgan fingerprint density at radius 1 is 1.25 bits per heavy atom. The zero-order chi connectivity index (χ0) is 16.9. The molecule has 2 aromatic rings. The van der Waals surface area contributed by atoms with Gasteiger partial charge in [0.15, 0.2) is 0 Å². The maximum atomic E-state index is 12.9. The minimum Gasteiger partial charge on any atom is -0.424 e. The molecule has 3 amide bonds. The van der Waals surface area contributed by atoms with Crippen molar-refractivity contribution < 1.29 is 14.0 Å². The molecule has 1 saturated heterocycles. The lowest BCUT2D eigenvalue weighted by molar-refractivity contribution is -0.131. The van der Waals surface area contributed by atoms with E-state index in [0.29, 0.717) is 5.89 Å². The molecule has 0 unspecified atom stereocenters. The van der Waals surface area contributed by atoms with E-state index in [1.807, 2.05) is 12.1 Å². The number of carbonyl (C=O) groups is 2. The minimum absolute atomic E-state index is 0.0218. The normalized spacial score (nSPS) is 22.8. The molecule has 1 N–H and O–H groups in total. The highest BCUT2D eigenvalue weighted by molar-refractivity contribution is 6.07. The van der Waals surface area contributed by atoms with Gasteiger partial charge >= 0.3 is 6.03 Å². The van der Waals surface area contributed by atoms with Crippen LogP contribution in [0, 0.1) is 6.92 Å². The summed E-state index contributed by atoms with van der Waals surface area (Å²) >= 11 is 0. The quantitative estimate of drug-likeness (QED) is 0.869. The molecular weight excluding hydrogens is 308 g/mol. The molecule has 1 aliphatic heterocycles. The summed E-state index contributed by atoms with van der Waals surface area (Å²) in [5, 5.41) is 10.4. The van der Waals surface area contributed by atoms with Gasteiger partial charge in [-0.05, 0) is 42.9 Å². The number of hydrogen-bond donors (Lipinski definition) is 1. The van der Waals surface area contributed by atoms with Gasteiger partial charge in [-0.25, -0.2) is 4.79 Å². The number of benzene rings is 1. The number of urea groups is 1. The van der Waals surface area contributed by atoms with Gasteiger partial charge in [0.1, 0.15) is 12.1 Å². The number of rotatable bonds is 3. The van der Waals surface area contributed by atoms with Crippen LogP contribution in [0.3, 0.4) is 0 Å². The first-order valence-corrected chi connectivity index (χ1v) is 8.03. The number of fused-ring (bicyclic) bond motifs is 1. The van der Waals surface area contributed by atoms with Crippen molar-refractivity contribution in [1.29, 1.82) is 0 Å². The molecule has 0 bridgehead atoms. The number of nitrogens with one attached hydrogen (secondary N) is 1. The third-order valence-corrected chi connectivity index (χ3v) is 4.81. The van der Waals surface area contributed by atoms with E-state index in [-0.39, 0.29) is 18.3 Å². The van der Waals surface area contributed by atoms with Crippen LogP contribution in [-0.2, 0) is 29.7 Å². The van der Waals surface area contributed by atoms with Crippen LogP contribution in [0.1, 0.15) is 41.8 Å². The molecule has 2 heterocycles. The molecule has 2 aliphatic rings. The summed E-state index contributed by atoms with van der Waals surface area (Å²) in [5.41, 5.74) is 2.34. The molecule has 4 rings (SSSR count). The lowest BCUT2D eigenvalue weighted by Gasteiger charge is -2.23. The maximum Gasteiger partial charge on any atom is 0.325 e. The SMILES string of the molecule is Cc1nnc(CN2C(=O)N[C@](C)(c3ccc4c(c3)CCC4)C2=O)o1. The van der Waals surface area contributed by atoms with E-state index < -0.39 is 11.6 Å². The van der Waals surface area contributed by atoms with Crippen LogP contribution in [0.2, 0.25) is 0 Å². The molecule has 7 heteroatoms. The summed E-state index contributed by atoms with van der Waals surface area (Å²) in [5.74, 6) is 0.342. The predicted octanol–water partition coefficient (Wildman–Crippen LogP) is 1.83. The van der Waals surface area contributed by atoms with Crippen LogP contribution in [0.15, 0.2) is 22.6 Å². The topological polar surface area (TPSA) is 88.3 Å². The van der Waals surface area contributed by atoms with Crippen molar-refractivity contribution in [3.63, 3.8) is 0 Å². The van der Waals surface area contributed by atoms with E-state index in [0.717, 1.165) is 29.7 Å². The van der Waals surface area contributed by atoms with Crippen molar-refractivity contribution in [2.24, 2.45) is 0 Å². The fourth-order valence-corrected chi connectivity index (χ4v) is 3.46. The Morgan fingerprint density at radius 2 is 2.04 bits per heavy atom. The first-order chi connectivity index (χ1) is 11.5. The summed E-state index contributed by atoms with van der Waals surface area (Å²) in [6.45, 7) is 3.38. The van der Waals surface area contributed by atoms with Gasteiger partial charge in [-0.1, -0.05) is 18.2 Å². The van der Waals surface area contributed by atoms with Gasteiger partial charge in [0.2, 0.25) is 11.8 Å². The van der Waals surface area contributed by atoms with E-state index in [2.05, 4.69) is 21.6 Å².